The van der Waals surface area contributed by atoms with E-state index >= 15 is 0 Å². The molecule has 5 heteroatoms. The van der Waals surface area contributed by atoms with Crippen molar-refractivity contribution in [2.75, 3.05) is 20.1 Å². The molecule has 0 aromatic heterocycles. The average Bonchev–Trinajstić information content (AvgIpc) is 2.77. The summed E-state index contributed by atoms with van der Waals surface area (Å²) in [5.74, 6) is -0.369. The summed E-state index contributed by atoms with van der Waals surface area (Å²) in [4.78, 5) is 14.3. The molecule has 1 aliphatic heterocycles. The molecule has 0 spiro atoms. The van der Waals surface area contributed by atoms with E-state index in [9.17, 15) is 9.18 Å². The van der Waals surface area contributed by atoms with E-state index in [1.807, 2.05) is 11.9 Å². The smallest absolute Gasteiger partial charge is 0.255 e. The van der Waals surface area contributed by atoms with Gasteiger partial charge in [-0.15, -0.1) is 0 Å². The molecule has 98 valence electrons. The molecule has 1 aromatic carbocycles. The van der Waals surface area contributed by atoms with Crippen molar-refractivity contribution in [2.24, 2.45) is 0 Å². The summed E-state index contributed by atoms with van der Waals surface area (Å²) in [5.41, 5.74) is 0.527. The molecule has 1 saturated heterocycles. The molecule has 0 radical (unpaired) electrons. The SMILES string of the molecule is CNCC1CCCN1C(=O)c1ccc(F)cc1Br. The van der Waals surface area contributed by atoms with E-state index in [0.29, 0.717) is 10.0 Å². The maximum absolute atomic E-state index is 13.0. The van der Waals surface area contributed by atoms with Gasteiger partial charge >= 0.3 is 0 Å². The van der Waals surface area contributed by atoms with Crippen molar-refractivity contribution in [3.8, 4) is 0 Å². The van der Waals surface area contributed by atoms with Crippen LogP contribution in [0.1, 0.15) is 23.2 Å². The van der Waals surface area contributed by atoms with Crippen molar-refractivity contribution in [3.05, 3.63) is 34.1 Å². The van der Waals surface area contributed by atoms with Crippen LogP contribution in [0, 0.1) is 5.82 Å². The Morgan fingerprint density at radius 2 is 2.39 bits per heavy atom. The van der Waals surface area contributed by atoms with E-state index < -0.39 is 0 Å². The topological polar surface area (TPSA) is 32.3 Å². The molecule has 3 nitrogen and oxygen atoms in total. The zero-order chi connectivity index (χ0) is 13.1. The number of halogens is 2. The summed E-state index contributed by atoms with van der Waals surface area (Å²) in [6.07, 6.45) is 2.04. The Labute approximate surface area is 114 Å². The van der Waals surface area contributed by atoms with E-state index in [2.05, 4.69) is 21.2 Å². The third-order valence-corrected chi connectivity index (χ3v) is 3.90. The Balaban J connectivity index is 2.20. The molecule has 2 rings (SSSR count). The lowest BCUT2D eigenvalue weighted by atomic mass is 10.1. The highest BCUT2D eigenvalue weighted by Gasteiger charge is 2.29. The lowest BCUT2D eigenvalue weighted by molar-refractivity contribution is 0.0736. The van der Waals surface area contributed by atoms with Gasteiger partial charge in [0.2, 0.25) is 0 Å². The van der Waals surface area contributed by atoms with Crippen LogP contribution in [0.5, 0.6) is 0 Å². The number of nitrogens with one attached hydrogen (secondary N) is 1. The van der Waals surface area contributed by atoms with Gasteiger partial charge in [-0.05, 0) is 54.0 Å². The Morgan fingerprint density at radius 3 is 3.06 bits per heavy atom. The van der Waals surface area contributed by atoms with Crippen molar-refractivity contribution in [1.82, 2.24) is 10.2 Å². The minimum Gasteiger partial charge on any atom is -0.334 e. The van der Waals surface area contributed by atoms with Gasteiger partial charge in [0, 0.05) is 23.6 Å². The van der Waals surface area contributed by atoms with Gasteiger partial charge in [0.25, 0.3) is 5.91 Å². The second-order valence-electron chi connectivity index (χ2n) is 4.48. The van der Waals surface area contributed by atoms with Crippen LogP contribution in [0.3, 0.4) is 0 Å². The van der Waals surface area contributed by atoms with Gasteiger partial charge in [-0.2, -0.15) is 0 Å². The summed E-state index contributed by atoms with van der Waals surface area (Å²) in [6, 6.07) is 4.42. The molecule has 18 heavy (non-hydrogen) atoms. The van der Waals surface area contributed by atoms with Gasteiger partial charge in [-0.25, -0.2) is 4.39 Å². The van der Waals surface area contributed by atoms with Gasteiger partial charge < -0.3 is 10.2 Å². The van der Waals surface area contributed by atoms with Crippen LogP contribution in [-0.2, 0) is 0 Å². The largest absolute Gasteiger partial charge is 0.334 e. The third kappa shape index (κ3) is 2.72. The monoisotopic (exact) mass is 314 g/mol. The quantitative estimate of drug-likeness (QED) is 0.929. The molecule has 1 heterocycles. The minimum absolute atomic E-state index is 0.0281. The molecule has 1 amide bonds. The Kier molecular flexibility index (Phi) is 4.35. The molecule has 1 aromatic rings. The molecule has 0 bridgehead atoms. The number of hydrogen-bond donors (Lipinski definition) is 1. The Hall–Kier alpha value is -0.940. The van der Waals surface area contributed by atoms with Crippen LogP contribution in [0.15, 0.2) is 22.7 Å². The molecular formula is C13H16BrFN2O. The first-order chi connectivity index (χ1) is 8.63. The van der Waals surface area contributed by atoms with Crippen molar-refractivity contribution in [2.45, 2.75) is 18.9 Å². The highest BCUT2D eigenvalue weighted by Crippen LogP contribution is 2.24. The number of likely N-dealkylation sites (tertiary alicyclic amines) is 1. The number of benzene rings is 1. The average molecular weight is 315 g/mol. The van der Waals surface area contributed by atoms with Crippen LogP contribution in [0.4, 0.5) is 4.39 Å². The fourth-order valence-electron chi connectivity index (χ4n) is 2.37. The van der Waals surface area contributed by atoms with Crippen LogP contribution in [0.2, 0.25) is 0 Å². The van der Waals surface area contributed by atoms with Gasteiger partial charge in [0.1, 0.15) is 5.82 Å². The number of nitrogens with zero attached hydrogens (tertiary/aromatic N) is 1. The molecule has 1 aliphatic rings. The zero-order valence-electron chi connectivity index (χ0n) is 10.2. The number of likely N-dealkylation sites (N-methyl/N-ethyl adjacent to an activating group) is 1. The number of carbonyl (C=O) groups is 1. The zero-order valence-corrected chi connectivity index (χ0v) is 11.8. The van der Waals surface area contributed by atoms with Crippen LogP contribution < -0.4 is 5.32 Å². The lowest BCUT2D eigenvalue weighted by Crippen LogP contribution is -2.40. The van der Waals surface area contributed by atoms with Crippen LogP contribution in [0.25, 0.3) is 0 Å². The van der Waals surface area contributed by atoms with Crippen molar-refractivity contribution in [3.63, 3.8) is 0 Å². The number of hydrogen-bond acceptors (Lipinski definition) is 2. The van der Waals surface area contributed by atoms with E-state index in [4.69, 9.17) is 0 Å². The fourth-order valence-corrected chi connectivity index (χ4v) is 2.89. The molecular weight excluding hydrogens is 299 g/mol. The molecule has 1 atom stereocenters. The lowest BCUT2D eigenvalue weighted by Gasteiger charge is -2.25. The summed E-state index contributed by atoms with van der Waals surface area (Å²) in [6.45, 7) is 1.57. The molecule has 1 fully saturated rings. The molecule has 0 saturated carbocycles. The van der Waals surface area contributed by atoms with Crippen molar-refractivity contribution >= 4 is 21.8 Å². The third-order valence-electron chi connectivity index (χ3n) is 3.24. The highest BCUT2D eigenvalue weighted by molar-refractivity contribution is 9.10. The Morgan fingerprint density at radius 1 is 1.61 bits per heavy atom. The van der Waals surface area contributed by atoms with Gasteiger partial charge in [-0.1, -0.05) is 0 Å². The number of rotatable bonds is 3. The van der Waals surface area contributed by atoms with Crippen LogP contribution in [-0.4, -0.2) is 37.0 Å². The molecule has 0 aliphatic carbocycles. The van der Waals surface area contributed by atoms with E-state index in [1.165, 1.54) is 18.2 Å². The van der Waals surface area contributed by atoms with Crippen LogP contribution >= 0.6 is 15.9 Å². The second kappa shape index (κ2) is 5.80. The first-order valence-electron chi connectivity index (χ1n) is 6.04. The first-order valence-corrected chi connectivity index (χ1v) is 6.83. The van der Waals surface area contributed by atoms with E-state index in [1.54, 1.807) is 0 Å². The van der Waals surface area contributed by atoms with Crippen molar-refractivity contribution in [1.29, 1.82) is 0 Å². The van der Waals surface area contributed by atoms with E-state index in [0.717, 1.165) is 25.9 Å². The molecule has 1 N–H and O–H groups in total. The summed E-state index contributed by atoms with van der Waals surface area (Å²) in [7, 11) is 1.88. The maximum Gasteiger partial charge on any atom is 0.255 e. The maximum atomic E-state index is 13.0. The Bertz CT molecular complexity index is 453. The fraction of sp³-hybridized carbons (Fsp3) is 0.462. The predicted molar refractivity (Wildman–Crippen MR) is 72.1 cm³/mol. The van der Waals surface area contributed by atoms with Crippen molar-refractivity contribution < 1.29 is 9.18 Å². The van der Waals surface area contributed by atoms with Gasteiger partial charge in [-0.3, -0.25) is 4.79 Å². The predicted octanol–water partition coefficient (Wildman–Crippen LogP) is 2.41. The molecule has 1 unspecified atom stereocenters. The van der Waals surface area contributed by atoms with E-state index in [-0.39, 0.29) is 17.8 Å². The van der Waals surface area contributed by atoms with Gasteiger partial charge in [0.15, 0.2) is 0 Å². The standard InChI is InChI=1S/C13H16BrFN2O/c1-16-8-10-3-2-6-17(10)13(18)11-5-4-9(15)7-12(11)14/h4-5,7,10,16H,2-3,6,8H2,1H3. The summed E-state index contributed by atoms with van der Waals surface area (Å²) >= 11 is 3.25. The minimum atomic E-state index is -0.341. The summed E-state index contributed by atoms with van der Waals surface area (Å²) < 4.78 is 13.5. The first kappa shape index (κ1) is 13.5. The highest BCUT2D eigenvalue weighted by atomic mass is 79.9. The normalized spacial score (nSPS) is 19.3. The summed E-state index contributed by atoms with van der Waals surface area (Å²) in [5, 5.41) is 3.10. The number of amides is 1. The van der Waals surface area contributed by atoms with Gasteiger partial charge in [0.05, 0.1) is 5.56 Å². The second-order valence-corrected chi connectivity index (χ2v) is 5.33. The number of carbonyl (C=O) groups excluding carboxylic acids is 1.